The summed E-state index contributed by atoms with van der Waals surface area (Å²) in [6.45, 7) is 1.40. The Morgan fingerprint density at radius 1 is 1.50 bits per heavy atom. The quantitative estimate of drug-likeness (QED) is 0.918. The van der Waals surface area contributed by atoms with Crippen molar-refractivity contribution in [1.82, 2.24) is 9.88 Å². The fourth-order valence-electron chi connectivity index (χ4n) is 2.83. The summed E-state index contributed by atoms with van der Waals surface area (Å²) in [4.78, 5) is 17.9. The number of hydrogen-bond donors (Lipinski definition) is 1. The van der Waals surface area contributed by atoms with Gasteiger partial charge in [-0.1, -0.05) is 12.1 Å². The number of hydrogen-bond acceptors (Lipinski definition) is 5. The average molecular weight is 318 g/mol. The molecule has 2 heterocycles. The fourth-order valence-corrected chi connectivity index (χ4v) is 3.67. The molecule has 0 amide bonds. The number of methoxy groups -OCH3 is 1. The highest BCUT2D eigenvalue weighted by Gasteiger charge is 2.30. The number of aliphatic carboxylic acids is 1. The van der Waals surface area contributed by atoms with E-state index in [1.807, 2.05) is 34.5 Å². The van der Waals surface area contributed by atoms with Crippen LogP contribution in [0.1, 0.15) is 18.5 Å². The summed E-state index contributed by atoms with van der Waals surface area (Å²) in [5, 5.41) is 12.1. The van der Waals surface area contributed by atoms with E-state index in [-0.39, 0.29) is 6.04 Å². The number of carbonyl (C=O) groups is 1. The van der Waals surface area contributed by atoms with Crippen molar-refractivity contribution in [3.05, 3.63) is 35.3 Å². The van der Waals surface area contributed by atoms with Crippen molar-refractivity contribution in [1.29, 1.82) is 0 Å². The number of carboxylic acids is 1. The number of carboxylic acid groups (broad SMARTS) is 1. The van der Waals surface area contributed by atoms with Crippen LogP contribution in [0.2, 0.25) is 0 Å². The molecule has 2 aromatic rings. The Hall–Kier alpha value is -1.92. The summed E-state index contributed by atoms with van der Waals surface area (Å²) in [7, 11) is 1.65. The second-order valence-corrected chi connectivity index (χ2v) is 6.17. The van der Waals surface area contributed by atoms with E-state index in [1.54, 1.807) is 18.4 Å². The summed E-state index contributed by atoms with van der Waals surface area (Å²) in [5.74, 6) is 0.0608. The summed E-state index contributed by atoms with van der Waals surface area (Å²) in [6, 6.07) is 7.41. The molecule has 0 radical (unpaired) electrons. The molecule has 1 fully saturated rings. The van der Waals surface area contributed by atoms with E-state index in [0.29, 0.717) is 6.54 Å². The summed E-state index contributed by atoms with van der Waals surface area (Å²) in [6.07, 6.45) is 1.65. The largest absolute Gasteiger partial charge is 0.496 e. The first kappa shape index (κ1) is 15.0. The van der Waals surface area contributed by atoms with Crippen LogP contribution >= 0.6 is 11.3 Å². The van der Waals surface area contributed by atoms with Gasteiger partial charge in [0.1, 0.15) is 16.8 Å². The average Bonchev–Trinajstić information content (AvgIpc) is 3.17. The van der Waals surface area contributed by atoms with E-state index in [9.17, 15) is 9.90 Å². The first-order valence-electron chi connectivity index (χ1n) is 7.23. The van der Waals surface area contributed by atoms with Crippen molar-refractivity contribution in [2.24, 2.45) is 0 Å². The predicted molar refractivity (Wildman–Crippen MR) is 85.2 cm³/mol. The van der Waals surface area contributed by atoms with E-state index in [4.69, 9.17) is 4.74 Å². The van der Waals surface area contributed by atoms with Gasteiger partial charge < -0.3 is 9.84 Å². The highest BCUT2D eigenvalue weighted by molar-refractivity contribution is 7.13. The minimum absolute atomic E-state index is 0.378. The van der Waals surface area contributed by atoms with E-state index >= 15 is 0 Å². The van der Waals surface area contributed by atoms with Crippen LogP contribution in [0.4, 0.5) is 0 Å². The lowest BCUT2D eigenvalue weighted by molar-refractivity contribution is -0.142. The molecular formula is C16H18N2O3S. The zero-order valence-corrected chi connectivity index (χ0v) is 13.2. The number of thiazole rings is 1. The van der Waals surface area contributed by atoms with E-state index in [2.05, 4.69) is 4.98 Å². The van der Waals surface area contributed by atoms with E-state index < -0.39 is 5.97 Å². The molecule has 5 nitrogen and oxygen atoms in total. The molecule has 0 bridgehead atoms. The molecule has 1 saturated heterocycles. The second kappa shape index (κ2) is 6.46. The van der Waals surface area contributed by atoms with Gasteiger partial charge in [0.05, 0.1) is 18.4 Å². The molecule has 6 heteroatoms. The highest BCUT2D eigenvalue weighted by Crippen LogP contribution is 2.32. The first-order chi connectivity index (χ1) is 10.7. The molecule has 0 spiro atoms. The lowest BCUT2D eigenvalue weighted by atomic mass is 10.2. The van der Waals surface area contributed by atoms with Crippen LogP contribution in [0, 0.1) is 0 Å². The van der Waals surface area contributed by atoms with Gasteiger partial charge in [0.15, 0.2) is 0 Å². The Kier molecular flexibility index (Phi) is 4.40. The summed E-state index contributed by atoms with van der Waals surface area (Å²) in [5.41, 5.74) is 1.89. The fraction of sp³-hybridized carbons (Fsp3) is 0.375. The Balaban J connectivity index is 1.78. The number of aromatic nitrogens is 1. The Labute approximate surface area is 133 Å². The molecule has 1 aliphatic rings. The number of ether oxygens (including phenoxy) is 1. The topological polar surface area (TPSA) is 62.7 Å². The molecule has 1 N–H and O–H groups in total. The van der Waals surface area contributed by atoms with Crippen LogP contribution < -0.4 is 4.74 Å². The van der Waals surface area contributed by atoms with E-state index in [0.717, 1.165) is 41.4 Å². The van der Waals surface area contributed by atoms with Gasteiger partial charge in [-0.25, -0.2) is 4.98 Å². The van der Waals surface area contributed by atoms with Gasteiger partial charge in [-0.2, -0.15) is 0 Å². The SMILES string of the molecule is COc1ccccc1-c1nc(CN2CCC[C@H]2C(=O)O)cs1. The third-order valence-electron chi connectivity index (χ3n) is 3.90. The lowest BCUT2D eigenvalue weighted by Gasteiger charge is -2.19. The van der Waals surface area contributed by atoms with Gasteiger partial charge in [0.2, 0.25) is 0 Å². The van der Waals surface area contributed by atoms with Gasteiger partial charge in [-0.3, -0.25) is 9.69 Å². The van der Waals surface area contributed by atoms with Crippen molar-refractivity contribution in [3.8, 4) is 16.3 Å². The maximum absolute atomic E-state index is 11.2. The first-order valence-corrected chi connectivity index (χ1v) is 8.11. The molecule has 0 unspecified atom stereocenters. The van der Waals surface area contributed by atoms with Crippen LogP contribution in [-0.2, 0) is 11.3 Å². The molecule has 22 heavy (non-hydrogen) atoms. The van der Waals surface area contributed by atoms with Crippen LogP contribution in [0.3, 0.4) is 0 Å². The molecule has 1 atom stereocenters. The van der Waals surface area contributed by atoms with Gasteiger partial charge in [-0.15, -0.1) is 11.3 Å². The number of likely N-dealkylation sites (tertiary alicyclic amines) is 1. The van der Waals surface area contributed by atoms with Crippen molar-refractivity contribution >= 4 is 17.3 Å². The number of rotatable bonds is 5. The minimum atomic E-state index is -0.738. The lowest BCUT2D eigenvalue weighted by Crippen LogP contribution is -2.35. The molecule has 0 saturated carbocycles. The van der Waals surface area contributed by atoms with Crippen LogP contribution in [0.25, 0.3) is 10.6 Å². The zero-order chi connectivity index (χ0) is 15.5. The Morgan fingerprint density at radius 2 is 2.32 bits per heavy atom. The summed E-state index contributed by atoms with van der Waals surface area (Å²) >= 11 is 1.56. The maximum Gasteiger partial charge on any atom is 0.320 e. The van der Waals surface area contributed by atoms with Crippen LogP contribution in [0.15, 0.2) is 29.6 Å². The van der Waals surface area contributed by atoms with Gasteiger partial charge in [0, 0.05) is 11.9 Å². The van der Waals surface area contributed by atoms with Crippen LogP contribution in [-0.4, -0.2) is 40.7 Å². The highest BCUT2D eigenvalue weighted by atomic mass is 32.1. The summed E-state index contributed by atoms with van der Waals surface area (Å²) < 4.78 is 5.37. The van der Waals surface area contributed by atoms with Gasteiger partial charge in [-0.05, 0) is 31.5 Å². The van der Waals surface area contributed by atoms with Crippen molar-refractivity contribution < 1.29 is 14.6 Å². The normalized spacial score (nSPS) is 18.5. The molecule has 1 aromatic carbocycles. The maximum atomic E-state index is 11.2. The number of benzene rings is 1. The minimum Gasteiger partial charge on any atom is -0.496 e. The molecule has 116 valence electrons. The van der Waals surface area contributed by atoms with E-state index in [1.165, 1.54) is 0 Å². The van der Waals surface area contributed by atoms with Crippen molar-refractivity contribution in [2.45, 2.75) is 25.4 Å². The van der Waals surface area contributed by atoms with Crippen LogP contribution in [0.5, 0.6) is 5.75 Å². The molecule has 3 rings (SSSR count). The monoisotopic (exact) mass is 318 g/mol. The third kappa shape index (κ3) is 2.98. The smallest absolute Gasteiger partial charge is 0.320 e. The molecular weight excluding hydrogens is 300 g/mol. The molecule has 1 aromatic heterocycles. The Bertz CT molecular complexity index is 671. The zero-order valence-electron chi connectivity index (χ0n) is 12.4. The number of para-hydroxylation sites is 1. The second-order valence-electron chi connectivity index (χ2n) is 5.31. The van der Waals surface area contributed by atoms with Gasteiger partial charge in [0.25, 0.3) is 0 Å². The van der Waals surface area contributed by atoms with Crippen molar-refractivity contribution in [2.75, 3.05) is 13.7 Å². The molecule has 0 aliphatic carbocycles. The standard InChI is InChI=1S/C16H18N2O3S/c1-21-14-7-3-2-5-12(14)15-17-11(10-22-15)9-18-8-4-6-13(18)16(19)20/h2-3,5,7,10,13H,4,6,8-9H2,1H3,(H,19,20)/t13-/m0/s1. The molecule has 1 aliphatic heterocycles. The predicted octanol–water partition coefficient (Wildman–Crippen LogP) is 2.87. The number of nitrogens with zero attached hydrogens (tertiary/aromatic N) is 2. The Morgan fingerprint density at radius 3 is 3.09 bits per heavy atom. The van der Waals surface area contributed by atoms with Crippen molar-refractivity contribution in [3.63, 3.8) is 0 Å². The third-order valence-corrected chi connectivity index (χ3v) is 4.83. The van der Waals surface area contributed by atoms with Gasteiger partial charge >= 0.3 is 5.97 Å².